The van der Waals surface area contributed by atoms with Gasteiger partial charge in [-0.3, -0.25) is 9.48 Å². The molecule has 126 valence electrons. The van der Waals surface area contributed by atoms with Crippen molar-refractivity contribution in [2.24, 2.45) is 0 Å². The molecule has 0 aliphatic heterocycles. The first kappa shape index (κ1) is 16.5. The van der Waals surface area contributed by atoms with Gasteiger partial charge in [-0.1, -0.05) is 36.4 Å². The van der Waals surface area contributed by atoms with E-state index in [4.69, 9.17) is 0 Å². The summed E-state index contributed by atoms with van der Waals surface area (Å²) in [5.41, 5.74) is 3.31. The molecule has 2 N–H and O–H groups in total. The maximum Gasteiger partial charge on any atom is 0.248 e. The lowest BCUT2D eigenvalue weighted by molar-refractivity contribution is -0.111. The van der Waals surface area contributed by atoms with Crippen LogP contribution < -0.4 is 5.32 Å². The molecule has 0 aliphatic rings. The number of aromatic hydroxyl groups is 1. The van der Waals surface area contributed by atoms with Crippen molar-refractivity contribution in [1.29, 1.82) is 0 Å². The third kappa shape index (κ3) is 4.57. The summed E-state index contributed by atoms with van der Waals surface area (Å²) >= 11 is 0. The molecule has 0 fully saturated rings. The van der Waals surface area contributed by atoms with Crippen molar-refractivity contribution in [3.63, 3.8) is 0 Å². The quantitative estimate of drug-likeness (QED) is 0.554. The number of aromatic nitrogens is 2. The number of carbonyl (C=O) groups excluding carboxylic acids is 1. The van der Waals surface area contributed by atoms with Gasteiger partial charge in [-0.25, -0.2) is 0 Å². The Morgan fingerprint density at radius 3 is 2.80 bits per heavy atom. The van der Waals surface area contributed by atoms with E-state index in [0.717, 1.165) is 16.7 Å². The highest BCUT2D eigenvalue weighted by atomic mass is 16.3. The molecule has 0 radical (unpaired) electrons. The van der Waals surface area contributed by atoms with Crippen LogP contribution in [-0.4, -0.2) is 20.8 Å². The van der Waals surface area contributed by atoms with E-state index >= 15 is 0 Å². The zero-order chi connectivity index (χ0) is 17.6. The van der Waals surface area contributed by atoms with Crippen molar-refractivity contribution in [1.82, 2.24) is 9.78 Å². The summed E-state index contributed by atoms with van der Waals surface area (Å²) in [6.45, 7) is 2.55. The number of carbonyl (C=O) groups is 1. The normalized spacial score (nSPS) is 10.9. The van der Waals surface area contributed by atoms with E-state index in [1.165, 1.54) is 6.08 Å². The lowest BCUT2D eigenvalue weighted by atomic mass is 10.2. The molecule has 0 atom stereocenters. The first-order chi connectivity index (χ1) is 12.1. The van der Waals surface area contributed by atoms with Crippen LogP contribution in [0.4, 0.5) is 5.69 Å². The highest BCUT2D eigenvalue weighted by molar-refractivity contribution is 6.02. The second kappa shape index (κ2) is 7.49. The van der Waals surface area contributed by atoms with E-state index in [0.29, 0.717) is 12.2 Å². The molecule has 5 nitrogen and oxygen atoms in total. The van der Waals surface area contributed by atoms with Crippen molar-refractivity contribution < 1.29 is 9.90 Å². The Morgan fingerprint density at radius 2 is 2.04 bits per heavy atom. The van der Waals surface area contributed by atoms with Gasteiger partial charge in [0.25, 0.3) is 0 Å². The Bertz CT molecular complexity index is 898. The van der Waals surface area contributed by atoms with Gasteiger partial charge in [0.2, 0.25) is 5.91 Å². The topological polar surface area (TPSA) is 67.2 Å². The first-order valence-corrected chi connectivity index (χ1v) is 7.95. The minimum Gasteiger partial charge on any atom is -0.506 e. The summed E-state index contributed by atoms with van der Waals surface area (Å²) < 4.78 is 1.82. The third-order valence-electron chi connectivity index (χ3n) is 3.68. The van der Waals surface area contributed by atoms with Crippen LogP contribution in [0.2, 0.25) is 0 Å². The number of nitrogens with zero attached hydrogens (tertiary/aromatic N) is 2. The number of aryl methyl sites for hydroxylation is 1. The van der Waals surface area contributed by atoms with Gasteiger partial charge in [0.15, 0.2) is 0 Å². The van der Waals surface area contributed by atoms with E-state index in [9.17, 15) is 9.90 Å². The van der Waals surface area contributed by atoms with Gasteiger partial charge in [-0.05, 0) is 36.3 Å². The van der Waals surface area contributed by atoms with Gasteiger partial charge in [0.1, 0.15) is 5.75 Å². The number of hydrogen-bond acceptors (Lipinski definition) is 3. The second-order valence-corrected chi connectivity index (χ2v) is 5.80. The Balaban J connectivity index is 1.61. The van der Waals surface area contributed by atoms with E-state index in [1.54, 1.807) is 24.4 Å². The molecule has 1 heterocycles. The summed E-state index contributed by atoms with van der Waals surface area (Å²) in [7, 11) is 0. The average molecular weight is 333 g/mol. The fraction of sp³-hybridized carbons (Fsp3) is 0.100. The molecule has 3 aromatic rings. The summed E-state index contributed by atoms with van der Waals surface area (Å²) in [6, 6.07) is 15.1. The first-order valence-electron chi connectivity index (χ1n) is 7.95. The summed E-state index contributed by atoms with van der Waals surface area (Å²) in [4.78, 5) is 12.0. The Hall–Kier alpha value is -3.34. The number of anilines is 1. The lowest BCUT2D eigenvalue weighted by Gasteiger charge is -2.05. The molecule has 5 heteroatoms. The van der Waals surface area contributed by atoms with Crippen LogP contribution in [0.15, 0.2) is 67.0 Å². The number of phenolic OH excluding ortho intramolecular Hbond substituents is 1. The van der Waals surface area contributed by atoms with Gasteiger partial charge >= 0.3 is 0 Å². The molecular formula is C20H19N3O2. The maximum atomic E-state index is 12.0. The van der Waals surface area contributed by atoms with Crippen molar-refractivity contribution >= 4 is 17.7 Å². The van der Waals surface area contributed by atoms with Crippen LogP contribution in [0.5, 0.6) is 5.75 Å². The molecule has 25 heavy (non-hydrogen) atoms. The summed E-state index contributed by atoms with van der Waals surface area (Å²) in [5, 5.41) is 16.8. The Labute approximate surface area is 146 Å². The van der Waals surface area contributed by atoms with Crippen LogP contribution in [0, 0.1) is 6.92 Å². The number of rotatable bonds is 5. The molecule has 1 amide bonds. The maximum absolute atomic E-state index is 12.0. The highest BCUT2D eigenvalue weighted by Gasteiger charge is 2.04. The predicted molar refractivity (Wildman–Crippen MR) is 98.3 cm³/mol. The highest BCUT2D eigenvalue weighted by Crippen LogP contribution is 2.23. The SMILES string of the molecule is Cc1ccc(NC(=O)/C=C/c2cnn(Cc3ccccc3)c2)c(O)c1. The summed E-state index contributed by atoms with van der Waals surface area (Å²) in [6.07, 6.45) is 6.69. The van der Waals surface area contributed by atoms with Crippen molar-refractivity contribution in [3.05, 3.63) is 83.7 Å². The molecule has 0 bridgehead atoms. The lowest BCUT2D eigenvalue weighted by Crippen LogP contribution is -2.07. The van der Waals surface area contributed by atoms with E-state index in [1.807, 2.05) is 54.2 Å². The van der Waals surface area contributed by atoms with E-state index in [-0.39, 0.29) is 11.7 Å². The van der Waals surface area contributed by atoms with Crippen LogP contribution in [0.1, 0.15) is 16.7 Å². The number of benzene rings is 2. The third-order valence-corrected chi connectivity index (χ3v) is 3.68. The zero-order valence-electron chi connectivity index (χ0n) is 13.9. The van der Waals surface area contributed by atoms with Crippen molar-refractivity contribution in [3.8, 4) is 5.75 Å². The van der Waals surface area contributed by atoms with Gasteiger partial charge in [0.05, 0.1) is 18.4 Å². The molecular weight excluding hydrogens is 314 g/mol. The minimum atomic E-state index is -0.310. The standard InChI is InChI=1S/C20H19N3O2/c1-15-7-9-18(19(24)11-15)22-20(25)10-8-17-12-21-23(14-17)13-16-5-3-2-4-6-16/h2-12,14,24H,13H2,1H3,(H,22,25)/b10-8+. The van der Waals surface area contributed by atoms with Crippen LogP contribution >= 0.6 is 0 Å². The van der Waals surface area contributed by atoms with Gasteiger partial charge in [0, 0.05) is 17.8 Å². The van der Waals surface area contributed by atoms with Gasteiger partial charge < -0.3 is 10.4 Å². The van der Waals surface area contributed by atoms with E-state index in [2.05, 4.69) is 10.4 Å². The molecule has 0 unspecified atom stereocenters. The smallest absolute Gasteiger partial charge is 0.248 e. The number of amides is 1. The fourth-order valence-corrected chi connectivity index (χ4v) is 2.42. The fourth-order valence-electron chi connectivity index (χ4n) is 2.42. The number of phenols is 1. The zero-order valence-corrected chi connectivity index (χ0v) is 13.9. The van der Waals surface area contributed by atoms with E-state index < -0.39 is 0 Å². The molecule has 0 saturated heterocycles. The van der Waals surface area contributed by atoms with Crippen molar-refractivity contribution in [2.45, 2.75) is 13.5 Å². The predicted octanol–water partition coefficient (Wildman–Crippen LogP) is 3.60. The molecule has 0 saturated carbocycles. The molecule has 3 rings (SSSR count). The molecule has 0 spiro atoms. The van der Waals surface area contributed by atoms with Gasteiger partial charge in [-0.2, -0.15) is 5.10 Å². The molecule has 2 aromatic carbocycles. The Morgan fingerprint density at radius 1 is 1.24 bits per heavy atom. The van der Waals surface area contributed by atoms with Gasteiger partial charge in [-0.15, -0.1) is 0 Å². The largest absolute Gasteiger partial charge is 0.506 e. The van der Waals surface area contributed by atoms with Crippen LogP contribution in [0.3, 0.4) is 0 Å². The summed E-state index contributed by atoms with van der Waals surface area (Å²) in [5.74, 6) is -0.257. The number of nitrogens with one attached hydrogen (secondary N) is 1. The second-order valence-electron chi connectivity index (χ2n) is 5.80. The van der Waals surface area contributed by atoms with Crippen LogP contribution in [-0.2, 0) is 11.3 Å². The molecule has 0 aliphatic carbocycles. The average Bonchev–Trinajstić information content (AvgIpc) is 3.04. The van der Waals surface area contributed by atoms with Crippen LogP contribution in [0.25, 0.3) is 6.08 Å². The number of hydrogen-bond donors (Lipinski definition) is 2. The van der Waals surface area contributed by atoms with Crippen molar-refractivity contribution in [2.75, 3.05) is 5.32 Å². The monoisotopic (exact) mass is 333 g/mol. The minimum absolute atomic E-state index is 0.0532. The Kier molecular flexibility index (Phi) is 4.95. The molecule has 1 aromatic heterocycles.